The molecule has 1 heterocycles. The van der Waals surface area contributed by atoms with Gasteiger partial charge < -0.3 is 14.9 Å². The lowest BCUT2D eigenvalue weighted by molar-refractivity contribution is 0.276. The standard InChI is InChI=1S/C15H20N2O2/c1-18-11-5-6-12-13(9-11)19-14(17-12)10-15(16)7-3-2-4-8-15/h5-6,9H,2-4,7-8,10,16H2,1H3. The smallest absolute Gasteiger partial charge is 0.197 e. The van der Waals surface area contributed by atoms with Crippen molar-refractivity contribution in [3.63, 3.8) is 0 Å². The molecule has 2 N–H and O–H groups in total. The second-order valence-corrected chi connectivity index (χ2v) is 5.54. The normalized spacial score (nSPS) is 18.6. The summed E-state index contributed by atoms with van der Waals surface area (Å²) >= 11 is 0. The Morgan fingerprint density at radius 3 is 2.84 bits per heavy atom. The van der Waals surface area contributed by atoms with Crippen molar-refractivity contribution >= 4 is 11.1 Å². The van der Waals surface area contributed by atoms with E-state index in [0.717, 1.165) is 42.0 Å². The molecule has 1 aromatic carbocycles. The number of nitrogens with two attached hydrogens (primary N) is 1. The predicted octanol–water partition coefficient (Wildman–Crippen LogP) is 3.04. The molecule has 0 unspecified atom stereocenters. The van der Waals surface area contributed by atoms with Gasteiger partial charge in [-0.3, -0.25) is 0 Å². The van der Waals surface area contributed by atoms with Gasteiger partial charge in [0.05, 0.1) is 7.11 Å². The average Bonchev–Trinajstić information content (AvgIpc) is 2.79. The Labute approximate surface area is 112 Å². The van der Waals surface area contributed by atoms with E-state index in [4.69, 9.17) is 14.9 Å². The molecule has 0 bridgehead atoms. The third kappa shape index (κ3) is 2.59. The molecule has 1 saturated carbocycles. The second kappa shape index (κ2) is 4.85. The molecule has 1 aliphatic rings. The molecule has 0 spiro atoms. The number of methoxy groups -OCH3 is 1. The zero-order valence-corrected chi connectivity index (χ0v) is 11.3. The Balaban J connectivity index is 1.84. The van der Waals surface area contributed by atoms with Gasteiger partial charge in [0.1, 0.15) is 11.3 Å². The predicted molar refractivity (Wildman–Crippen MR) is 74.3 cm³/mol. The minimum atomic E-state index is -0.136. The van der Waals surface area contributed by atoms with Crippen molar-refractivity contribution in [3.8, 4) is 5.75 Å². The molecule has 4 nitrogen and oxygen atoms in total. The quantitative estimate of drug-likeness (QED) is 0.921. The number of hydrogen-bond donors (Lipinski definition) is 1. The van der Waals surface area contributed by atoms with Crippen LogP contribution in [0.2, 0.25) is 0 Å². The minimum Gasteiger partial charge on any atom is -0.497 e. The molecule has 0 aliphatic heterocycles. The van der Waals surface area contributed by atoms with E-state index in [1.165, 1.54) is 19.3 Å². The van der Waals surface area contributed by atoms with Crippen molar-refractivity contribution < 1.29 is 9.15 Å². The van der Waals surface area contributed by atoms with Crippen LogP contribution in [0.25, 0.3) is 11.1 Å². The molecule has 1 aliphatic carbocycles. The van der Waals surface area contributed by atoms with Gasteiger partial charge in [-0.2, -0.15) is 0 Å². The molecule has 0 amide bonds. The number of fused-ring (bicyclic) bond motifs is 1. The van der Waals surface area contributed by atoms with Crippen LogP contribution in [0.4, 0.5) is 0 Å². The molecule has 4 heteroatoms. The molecule has 19 heavy (non-hydrogen) atoms. The maximum absolute atomic E-state index is 6.44. The van der Waals surface area contributed by atoms with Crippen LogP contribution < -0.4 is 10.5 Å². The van der Waals surface area contributed by atoms with E-state index in [0.29, 0.717) is 0 Å². The molecule has 1 fully saturated rings. The number of aromatic nitrogens is 1. The van der Waals surface area contributed by atoms with E-state index in [9.17, 15) is 0 Å². The fourth-order valence-corrected chi connectivity index (χ4v) is 2.89. The van der Waals surface area contributed by atoms with Crippen LogP contribution in [0.3, 0.4) is 0 Å². The van der Waals surface area contributed by atoms with Gasteiger partial charge in [0, 0.05) is 18.0 Å². The van der Waals surface area contributed by atoms with Crippen molar-refractivity contribution in [1.29, 1.82) is 0 Å². The van der Waals surface area contributed by atoms with Gasteiger partial charge in [0.2, 0.25) is 0 Å². The van der Waals surface area contributed by atoms with Crippen LogP contribution in [0, 0.1) is 0 Å². The number of oxazole rings is 1. The molecule has 102 valence electrons. The van der Waals surface area contributed by atoms with Crippen LogP contribution in [0.15, 0.2) is 22.6 Å². The van der Waals surface area contributed by atoms with Crippen molar-refractivity contribution in [3.05, 3.63) is 24.1 Å². The minimum absolute atomic E-state index is 0.136. The first kappa shape index (κ1) is 12.5. The highest BCUT2D eigenvalue weighted by molar-refractivity contribution is 5.74. The summed E-state index contributed by atoms with van der Waals surface area (Å²) in [5.41, 5.74) is 7.95. The van der Waals surface area contributed by atoms with Crippen molar-refractivity contribution in [2.75, 3.05) is 7.11 Å². The second-order valence-electron chi connectivity index (χ2n) is 5.54. The van der Waals surface area contributed by atoms with E-state index in [2.05, 4.69) is 4.98 Å². The molecular formula is C15H20N2O2. The van der Waals surface area contributed by atoms with Crippen molar-refractivity contribution in [2.24, 2.45) is 5.73 Å². The summed E-state index contributed by atoms with van der Waals surface area (Å²) in [6.07, 6.45) is 6.58. The van der Waals surface area contributed by atoms with Crippen LogP contribution in [0.1, 0.15) is 38.0 Å². The number of nitrogens with zero attached hydrogens (tertiary/aromatic N) is 1. The fraction of sp³-hybridized carbons (Fsp3) is 0.533. The number of ether oxygens (including phenoxy) is 1. The molecule has 1 aromatic heterocycles. The highest BCUT2D eigenvalue weighted by Crippen LogP contribution is 2.30. The summed E-state index contributed by atoms with van der Waals surface area (Å²) < 4.78 is 11.0. The van der Waals surface area contributed by atoms with E-state index in [-0.39, 0.29) is 5.54 Å². The van der Waals surface area contributed by atoms with E-state index < -0.39 is 0 Å². The van der Waals surface area contributed by atoms with Crippen LogP contribution in [-0.2, 0) is 6.42 Å². The van der Waals surface area contributed by atoms with E-state index in [1.807, 2.05) is 18.2 Å². The molecule has 2 aromatic rings. The third-order valence-electron chi connectivity index (χ3n) is 3.99. The number of hydrogen-bond acceptors (Lipinski definition) is 4. The molecule has 0 atom stereocenters. The zero-order chi connectivity index (χ0) is 13.3. The number of rotatable bonds is 3. The van der Waals surface area contributed by atoms with Crippen LogP contribution in [-0.4, -0.2) is 17.6 Å². The average molecular weight is 260 g/mol. The van der Waals surface area contributed by atoms with Gasteiger partial charge >= 0.3 is 0 Å². The molecular weight excluding hydrogens is 240 g/mol. The lowest BCUT2D eigenvalue weighted by Gasteiger charge is -2.32. The van der Waals surface area contributed by atoms with Crippen LogP contribution >= 0.6 is 0 Å². The molecule has 0 radical (unpaired) electrons. The first-order valence-electron chi connectivity index (χ1n) is 6.91. The lowest BCUT2D eigenvalue weighted by atomic mass is 9.80. The largest absolute Gasteiger partial charge is 0.497 e. The Morgan fingerprint density at radius 1 is 1.32 bits per heavy atom. The van der Waals surface area contributed by atoms with E-state index in [1.54, 1.807) is 7.11 Å². The summed E-state index contributed by atoms with van der Waals surface area (Å²) in [6, 6.07) is 5.69. The Hall–Kier alpha value is -1.55. The highest BCUT2D eigenvalue weighted by atomic mass is 16.5. The lowest BCUT2D eigenvalue weighted by Crippen LogP contribution is -2.43. The van der Waals surface area contributed by atoms with Gasteiger partial charge in [0.25, 0.3) is 0 Å². The Kier molecular flexibility index (Phi) is 3.19. The third-order valence-corrected chi connectivity index (χ3v) is 3.99. The Bertz CT molecular complexity index is 571. The van der Waals surface area contributed by atoms with Crippen molar-refractivity contribution in [2.45, 2.75) is 44.1 Å². The van der Waals surface area contributed by atoms with Crippen LogP contribution in [0.5, 0.6) is 5.75 Å². The van der Waals surface area contributed by atoms with Gasteiger partial charge in [-0.05, 0) is 25.0 Å². The fourth-order valence-electron chi connectivity index (χ4n) is 2.89. The van der Waals surface area contributed by atoms with Crippen molar-refractivity contribution in [1.82, 2.24) is 4.98 Å². The summed E-state index contributed by atoms with van der Waals surface area (Å²) in [5.74, 6) is 1.53. The maximum Gasteiger partial charge on any atom is 0.197 e. The number of benzene rings is 1. The van der Waals surface area contributed by atoms with Gasteiger partial charge in [-0.1, -0.05) is 19.3 Å². The SMILES string of the molecule is COc1ccc2nc(CC3(N)CCCCC3)oc2c1. The monoisotopic (exact) mass is 260 g/mol. The van der Waals surface area contributed by atoms with Gasteiger partial charge in [0.15, 0.2) is 11.5 Å². The Morgan fingerprint density at radius 2 is 2.11 bits per heavy atom. The summed E-state index contributed by atoms with van der Waals surface area (Å²) in [7, 11) is 1.65. The summed E-state index contributed by atoms with van der Waals surface area (Å²) in [6.45, 7) is 0. The zero-order valence-electron chi connectivity index (χ0n) is 11.3. The van der Waals surface area contributed by atoms with Gasteiger partial charge in [-0.25, -0.2) is 4.98 Å². The first-order valence-corrected chi connectivity index (χ1v) is 6.91. The molecule has 3 rings (SSSR count). The maximum atomic E-state index is 6.44. The topological polar surface area (TPSA) is 61.3 Å². The first-order chi connectivity index (χ1) is 9.18. The van der Waals surface area contributed by atoms with E-state index >= 15 is 0 Å². The summed E-state index contributed by atoms with van der Waals surface area (Å²) in [5, 5.41) is 0. The summed E-state index contributed by atoms with van der Waals surface area (Å²) in [4.78, 5) is 4.53. The molecule has 0 saturated heterocycles. The highest BCUT2D eigenvalue weighted by Gasteiger charge is 2.29. The van der Waals surface area contributed by atoms with Gasteiger partial charge in [-0.15, -0.1) is 0 Å².